The lowest BCUT2D eigenvalue weighted by molar-refractivity contribution is 0.237. The normalized spacial score (nSPS) is 11.6. The van der Waals surface area contributed by atoms with E-state index in [0.29, 0.717) is 19.0 Å². The van der Waals surface area contributed by atoms with E-state index in [2.05, 4.69) is 27.5 Å². The minimum atomic E-state index is -0.253. The number of hydrogen-bond donors (Lipinski definition) is 2. The van der Waals surface area contributed by atoms with Crippen LogP contribution in [-0.2, 0) is 6.54 Å². The maximum atomic E-state index is 12.1. The minimum absolute atomic E-state index is 0.166. The summed E-state index contributed by atoms with van der Waals surface area (Å²) in [4.78, 5) is 20.5. The number of carbonyl (C=O) groups excluding carboxylic acids is 1. The largest absolute Gasteiger partial charge is 0.477 e. The molecule has 0 unspecified atom stereocenters. The molecule has 0 saturated heterocycles. The molecule has 0 fully saturated rings. The van der Waals surface area contributed by atoms with Crippen molar-refractivity contribution in [2.45, 2.75) is 39.3 Å². The molecule has 2 N–H and O–H groups in total. The van der Waals surface area contributed by atoms with Crippen LogP contribution in [0.3, 0.4) is 0 Å². The predicted molar refractivity (Wildman–Crippen MR) is 92.7 cm³/mol. The summed E-state index contributed by atoms with van der Waals surface area (Å²) in [6.45, 7) is 4.99. The molecule has 6 heteroatoms. The molecule has 128 valence electrons. The third-order valence-corrected chi connectivity index (χ3v) is 3.51. The second-order valence-corrected chi connectivity index (χ2v) is 5.47. The van der Waals surface area contributed by atoms with Crippen molar-refractivity contribution < 1.29 is 9.53 Å². The summed E-state index contributed by atoms with van der Waals surface area (Å²) in [6, 6.07) is 8.93. The fraction of sp³-hybridized carbons (Fsp3) is 0.389. The van der Waals surface area contributed by atoms with Crippen LogP contribution >= 0.6 is 0 Å². The van der Waals surface area contributed by atoms with Crippen molar-refractivity contribution in [2.24, 2.45) is 0 Å². The van der Waals surface area contributed by atoms with Crippen LogP contribution in [-0.4, -0.2) is 22.6 Å². The maximum Gasteiger partial charge on any atom is 0.315 e. The van der Waals surface area contributed by atoms with Gasteiger partial charge in [0.1, 0.15) is 0 Å². The van der Waals surface area contributed by atoms with Crippen molar-refractivity contribution in [3.05, 3.63) is 54.0 Å². The Hall–Kier alpha value is -2.63. The van der Waals surface area contributed by atoms with Crippen molar-refractivity contribution in [1.29, 1.82) is 0 Å². The number of amides is 2. The fourth-order valence-corrected chi connectivity index (χ4v) is 2.13. The molecule has 2 rings (SSSR count). The summed E-state index contributed by atoms with van der Waals surface area (Å²) >= 11 is 0. The van der Waals surface area contributed by atoms with Gasteiger partial charge in [0, 0.05) is 24.5 Å². The van der Waals surface area contributed by atoms with Crippen LogP contribution in [0.25, 0.3) is 0 Å². The van der Waals surface area contributed by atoms with Gasteiger partial charge in [0.2, 0.25) is 5.88 Å². The lowest BCUT2D eigenvalue weighted by atomic mass is 10.2. The van der Waals surface area contributed by atoms with E-state index in [1.807, 2.05) is 37.3 Å². The van der Waals surface area contributed by atoms with E-state index in [0.717, 1.165) is 24.1 Å². The molecule has 1 atom stereocenters. The standard InChI is InChI=1S/C18H24N4O2/c1-3-4-12-24-17-15(8-7-11-20-17)13-21-18(23)22-14(2)16-9-5-6-10-19-16/h5-11,14H,3-4,12-13H2,1-2H3,(H2,21,22,23)/t14-/m0/s1. The zero-order valence-corrected chi connectivity index (χ0v) is 14.2. The quantitative estimate of drug-likeness (QED) is 0.730. The molecule has 0 aliphatic rings. The van der Waals surface area contributed by atoms with Gasteiger partial charge in [0.05, 0.1) is 18.3 Å². The second kappa shape index (κ2) is 9.50. The van der Waals surface area contributed by atoms with Crippen LogP contribution in [0.15, 0.2) is 42.7 Å². The van der Waals surface area contributed by atoms with E-state index in [4.69, 9.17) is 4.74 Å². The topological polar surface area (TPSA) is 76.1 Å². The molecule has 0 aromatic carbocycles. The average molecular weight is 328 g/mol. The van der Waals surface area contributed by atoms with Gasteiger partial charge in [-0.3, -0.25) is 4.98 Å². The summed E-state index contributed by atoms with van der Waals surface area (Å²) in [5.41, 5.74) is 1.67. The fourth-order valence-electron chi connectivity index (χ4n) is 2.13. The first-order valence-corrected chi connectivity index (χ1v) is 8.22. The van der Waals surface area contributed by atoms with Crippen LogP contribution in [0.5, 0.6) is 5.88 Å². The smallest absolute Gasteiger partial charge is 0.315 e. The van der Waals surface area contributed by atoms with Gasteiger partial charge in [-0.15, -0.1) is 0 Å². The first-order valence-electron chi connectivity index (χ1n) is 8.22. The Bertz CT molecular complexity index is 634. The molecule has 0 bridgehead atoms. The van der Waals surface area contributed by atoms with Gasteiger partial charge in [0.15, 0.2) is 0 Å². The molecule has 0 aliphatic carbocycles. The van der Waals surface area contributed by atoms with Gasteiger partial charge in [-0.25, -0.2) is 9.78 Å². The van der Waals surface area contributed by atoms with Gasteiger partial charge in [-0.1, -0.05) is 25.5 Å². The van der Waals surface area contributed by atoms with Crippen LogP contribution < -0.4 is 15.4 Å². The monoisotopic (exact) mass is 328 g/mol. The SMILES string of the molecule is CCCCOc1ncccc1CNC(=O)N[C@@H](C)c1ccccn1. The molecule has 2 amide bonds. The number of urea groups is 1. The van der Waals surface area contributed by atoms with Crippen LogP contribution in [0.1, 0.15) is 44.0 Å². The van der Waals surface area contributed by atoms with Crippen molar-refractivity contribution in [3.8, 4) is 5.88 Å². The molecule has 0 saturated carbocycles. The van der Waals surface area contributed by atoms with Crippen LogP contribution in [0, 0.1) is 0 Å². The number of carbonyl (C=O) groups is 1. The van der Waals surface area contributed by atoms with Gasteiger partial charge in [-0.05, 0) is 31.5 Å². The zero-order valence-electron chi connectivity index (χ0n) is 14.2. The predicted octanol–water partition coefficient (Wildman–Crippen LogP) is 3.22. The highest BCUT2D eigenvalue weighted by molar-refractivity contribution is 5.74. The molecule has 2 aromatic rings. The number of hydrogen-bond acceptors (Lipinski definition) is 4. The Balaban J connectivity index is 1.85. The highest BCUT2D eigenvalue weighted by atomic mass is 16.5. The van der Waals surface area contributed by atoms with Crippen molar-refractivity contribution in [3.63, 3.8) is 0 Å². The number of ether oxygens (including phenoxy) is 1. The van der Waals surface area contributed by atoms with E-state index < -0.39 is 0 Å². The number of pyridine rings is 2. The van der Waals surface area contributed by atoms with Crippen molar-refractivity contribution >= 4 is 6.03 Å². The highest BCUT2D eigenvalue weighted by Crippen LogP contribution is 2.14. The van der Waals surface area contributed by atoms with E-state index >= 15 is 0 Å². The molecule has 6 nitrogen and oxygen atoms in total. The summed E-state index contributed by atoms with van der Waals surface area (Å²) < 4.78 is 5.67. The van der Waals surface area contributed by atoms with E-state index in [-0.39, 0.29) is 12.1 Å². The molecule has 0 radical (unpaired) electrons. The van der Waals surface area contributed by atoms with E-state index in [1.165, 1.54) is 0 Å². The van der Waals surface area contributed by atoms with Crippen molar-refractivity contribution in [2.75, 3.05) is 6.61 Å². The first-order chi connectivity index (χ1) is 11.7. The third kappa shape index (κ3) is 5.53. The number of rotatable bonds is 8. The molecule has 24 heavy (non-hydrogen) atoms. The van der Waals surface area contributed by atoms with Gasteiger partial charge in [0.25, 0.3) is 0 Å². The highest BCUT2D eigenvalue weighted by Gasteiger charge is 2.11. The molecular formula is C18H24N4O2. The lowest BCUT2D eigenvalue weighted by Crippen LogP contribution is -2.37. The van der Waals surface area contributed by atoms with Gasteiger partial charge >= 0.3 is 6.03 Å². The number of nitrogens with zero attached hydrogens (tertiary/aromatic N) is 2. The lowest BCUT2D eigenvalue weighted by Gasteiger charge is -2.15. The van der Waals surface area contributed by atoms with Gasteiger partial charge in [-0.2, -0.15) is 0 Å². The zero-order chi connectivity index (χ0) is 17.2. The van der Waals surface area contributed by atoms with Crippen LogP contribution in [0.4, 0.5) is 4.79 Å². The summed E-state index contributed by atoms with van der Waals surface area (Å²) in [5.74, 6) is 0.573. The number of aromatic nitrogens is 2. The Morgan fingerprint density at radius 1 is 1.21 bits per heavy atom. The molecular weight excluding hydrogens is 304 g/mol. The van der Waals surface area contributed by atoms with Crippen molar-refractivity contribution in [1.82, 2.24) is 20.6 Å². The molecule has 2 heterocycles. The summed E-state index contributed by atoms with van der Waals surface area (Å²) in [7, 11) is 0. The molecule has 0 spiro atoms. The third-order valence-electron chi connectivity index (χ3n) is 3.51. The Labute approximate surface area is 142 Å². The number of nitrogens with one attached hydrogen (secondary N) is 2. The Morgan fingerprint density at radius 2 is 2.04 bits per heavy atom. The second-order valence-electron chi connectivity index (χ2n) is 5.47. The first kappa shape index (κ1) is 17.7. The Kier molecular flexibility index (Phi) is 7.01. The molecule has 0 aliphatic heterocycles. The molecule has 2 aromatic heterocycles. The Morgan fingerprint density at radius 3 is 2.79 bits per heavy atom. The maximum absolute atomic E-state index is 12.1. The average Bonchev–Trinajstić information content (AvgIpc) is 2.62. The summed E-state index contributed by atoms with van der Waals surface area (Å²) in [5, 5.41) is 5.70. The van der Waals surface area contributed by atoms with Gasteiger partial charge < -0.3 is 15.4 Å². The summed E-state index contributed by atoms with van der Waals surface area (Å²) in [6.07, 6.45) is 5.44. The number of unbranched alkanes of at least 4 members (excludes halogenated alkanes) is 1. The minimum Gasteiger partial charge on any atom is -0.477 e. The van der Waals surface area contributed by atoms with E-state index in [1.54, 1.807) is 12.4 Å². The van der Waals surface area contributed by atoms with E-state index in [9.17, 15) is 4.79 Å². The van der Waals surface area contributed by atoms with Crippen LogP contribution in [0.2, 0.25) is 0 Å².